The van der Waals surface area contributed by atoms with Crippen LogP contribution in [0.5, 0.6) is 0 Å². The Morgan fingerprint density at radius 3 is 1.88 bits per heavy atom. The predicted molar refractivity (Wildman–Crippen MR) is 178 cm³/mol. The van der Waals surface area contributed by atoms with Crippen molar-refractivity contribution in [3.05, 3.63) is 151 Å². The number of para-hydroxylation sites is 3. The molecule has 0 unspecified atom stereocenters. The second kappa shape index (κ2) is 10.4. The van der Waals surface area contributed by atoms with E-state index in [-0.39, 0.29) is 0 Å². The van der Waals surface area contributed by atoms with Gasteiger partial charge in [0.25, 0.3) is 0 Å². The normalized spacial score (nSPS) is 11.9. The Morgan fingerprint density at radius 1 is 0.651 bits per heavy atom. The van der Waals surface area contributed by atoms with Gasteiger partial charge in [-0.25, -0.2) is 0 Å². The molecule has 4 nitrogen and oxygen atoms in total. The Bertz CT molecular complexity index is 2340. The third kappa shape index (κ3) is 4.30. The molecule has 0 aliphatic heterocycles. The highest BCUT2D eigenvalue weighted by Crippen LogP contribution is 2.34. The third-order valence-corrected chi connectivity index (χ3v) is 8.05. The van der Waals surface area contributed by atoms with Crippen LogP contribution in [0.3, 0.4) is 0 Å². The number of aromatic nitrogens is 2. The summed E-state index contributed by atoms with van der Waals surface area (Å²) in [6, 6.07) is 41.3. The Kier molecular flexibility index (Phi) is 6.24. The Balaban J connectivity index is 1.28. The number of allylic oxidation sites excluding steroid dienone is 5. The molecule has 202 valence electrons. The molecule has 43 heavy (non-hydrogen) atoms. The molecule has 7 rings (SSSR count). The Labute approximate surface area is 249 Å². The van der Waals surface area contributed by atoms with Crippen molar-refractivity contribution in [3.63, 3.8) is 0 Å². The van der Waals surface area contributed by atoms with Gasteiger partial charge in [0, 0.05) is 32.9 Å². The maximum absolute atomic E-state index is 9.92. The van der Waals surface area contributed by atoms with Crippen molar-refractivity contribution in [3.8, 4) is 17.8 Å². The summed E-state index contributed by atoms with van der Waals surface area (Å²) < 4.78 is 4.44. The van der Waals surface area contributed by atoms with Crippen LogP contribution in [0, 0.1) is 22.7 Å². The fourth-order valence-electron chi connectivity index (χ4n) is 6.09. The Hall–Kier alpha value is -6.10. The molecule has 0 bridgehead atoms. The maximum Gasteiger partial charge on any atom is 0.0992 e. The molecule has 0 saturated carbocycles. The van der Waals surface area contributed by atoms with Crippen molar-refractivity contribution >= 4 is 54.9 Å². The first kappa shape index (κ1) is 25.8. The molecule has 0 N–H and O–H groups in total. The quantitative estimate of drug-likeness (QED) is 0.200. The van der Waals surface area contributed by atoms with Crippen molar-refractivity contribution in [1.29, 1.82) is 10.5 Å². The molecule has 0 fully saturated rings. The van der Waals surface area contributed by atoms with E-state index in [0.717, 1.165) is 55.4 Å². The van der Waals surface area contributed by atoms with Crippen molar-refractivity contribution in [2.45, 2.75) is 6.92 Å². The minimum Gasteiger partial charge on any atom is -0.313 e. The van der Waals surface area contributed by atoms with Gasteiger partial charge in [-0.1, -0.05) is 73.3 Å². The summed E-state index contributed by atoms with van der Waals surface area (Å²) in [5.74, 6) is 0. The average Bonchev–Trinajstić information content (AvgIpc) is 3.57. The highest BCUT2D eigenvalue weighted by molar-refractivity contribution is 6.11. The van der Waals surface area contributed by atoms with Gasteiger partial charge in [0.1, 0.15) is 0 Å². The van der Waals surface area contributed by atoms with Crippen LogP contribution < -0.4 is 0 Å². The number of hydrogen-bond acceptors (Lipinski definition) is 2. The smallest absolute Gasteiger partial charge is 0.0992 e. The monoisotopic (exact) mass is 550 g/mol. The minimum absolute atomic E-state index is 0.581. The lowest BCUT2D eigenvalue weighted by molar-refractivity contribution is 1.17. The largest absolute Gasteiger partial charge is 0.313 e. The first-order valence-corrected chi connectivity index (χ1v) is 14.1. The summed E-state index contributed by atoms with van der Waals surface area (Å²) >= 11 is 0. The molecular weight excluding hydrogens is 524 g/mol. The standard InChI is InChI=1S/C39H26N4/c1-26(10-9-11-27(2)42-36-15-6-5-14-34(36)35-22-28(24-40)18-19-39(35)42)30-20-29(25-41)21-31(23-30)43-37-16-7-3-12-32(37)33-13-4-8-17-38(33)43/h3-23H,1H2,2H3/b10-9-,27-11+. The zero-order chi connectivity index (χ0) is 29.5. The molecular formula is C39H26N4. The molecule has 0 atom stereocenters. The van der Waals surface area contributed by atoms with E-state index in [1.54, 1.807) is 0 Å². The molecule has 5 aromatic carbocycles. The number of hydrogen-bond donors (Lipinski definition) is 0. The third-order valence-electron chi connectivity index (χ3n) is 8.05. The molecule has 4 heteroatoms. The lowest BCUT2D eigenvalue weighted by Crippen LogP contribution is -1.96. The lowest BCUT2D eigenvalue weighted by atomic mass is 10.0. The van der Waals surface area contributed by atoms with Crippen LogP contribution in [0.25, 0.3) is 60.6 Å². The van der Waals surface area contributed by atoms with Crippen molar-refractivity contribution in [2.75, 3.05) is 0 Å². The summed E-state index contributed by atoms with van der Waals surface area (Å²) in [7, 11) is 0. The Morgan fingerprint density at radius 2 is 1.23 bits per heavy atom. The molecule has 0 aliphatic carbocycles. The SMILES string of the molecule is C=C(/C=C\C=C(/C)n1c2ccccc2c2cc(C#N)ccc21)c1cc(C#N)cc(-n2c3ccccc3c3ccccc32)c1. The molecule has 2 aromatic heterocycles. The number of nitrogens with zero attached hydrogens (tertiary/aromatic N) is 4. The van der Waals surface area contributed by atoms with E-state index < -0.39 is 0 Å². The summed E-state index contributed by atoms with van der Waals surface area (Å²) in [6.07, 6.45) is 6.05. The topological polar surface area (TPSA) is 57.4 Å². The minimum atomic E-state index is 0.581. The van der Waals surface area contributed by atoms with Gasteiger partial charge in [-0.3, -0.25) is 0 Å². The summed E-state index contributed by atoms with van der Waals surface area (Å²) in [4.78, 5) is 0. The molecule has 0 saturated heterocycles. The van der Waals surface area contributed by atoms with Crippen LogP contribution >= 0.6 is 0 Å². The highest BCUT2D eigenvalue weighted by Gasteiger charge is 2.14. The fraction of sp³-hybridized carbons (Fsp3) is 0.0256. The number of nitriles is 2. The molecule has 0 aliphatic rings. The number of benzene rings is 5. The lowest BCUT2D eigenvalue weighted by Gasteiger charge is -2.11. The van der Waals surface area contributed by atoms with Gasteiger partial charge in [-0.15, -0.1) is 0 Å². The van der Waals surface area contributed by atoms with Crippen molar-refractivity contribution < 1.29 is 0 Å². The second-order valence-corrected chi connectivity index (χ2v) is 10.6. The van der Waals surface area contributed by atoms with Gasteiger partial charge in [0.2, 0.25) is 0 Å². The zero-order valence-corrected chi connectivity index (χ0v) is 23.6. The second-order valence-electron chi connectivity index (χ2n) is 10.6. The number of rotatable bonds is 5. The van der Waals surface area contributed by atoms with Crippen molar-refractivity contribution in [2.24, 2.45) is 0 Å². The fourth-order valence-corrected chi connectivity index (χ4v) is 6.09. The molecule has 0 radical (unpaired) electrons. The van der Waals surface area contributed by atoms with Gasteiger partial charge >= 0.3 is 0 Å². The first-order chi connectivity index (χ1) is 21.1. The van der Waals surface area contributed by atoms with E-state index >= 15 is 0 Å². The first-order valence-electron chi connectivity index (χ1n) is 14.1. The van der Waals surface area contributed by atoms with E-state index in [4.69, 9.17) is 0 Å². The maximum atomic E-state index is 9.92. The van der Waals surface area contributed by atoms with Crippen LogP contribution in [-0.2, 0) is 0 Å². The molecule has 0 amide bonds. The van der Waals surface area contributed by atoms with Gasteiger partial charge in [-0.05, 0) is 78.7 Å². The van der Waals surface area contributed by atoms with E-state index in [9.17, 15) is 10.5 Å². The molecule has 0 spiro atoms. The van der Waals surface area contributed by atoms with Gasteiger partial charge in [0.15, 0.2) is 0 Å². The zero-order valence-electron chi connectivity index (χ0n) is 23.6. The number of fused-ring (bicyclic) bond motifs is 6. The van der Waals surface area contributed by atoms with Crippen LogP contribution in [0.4, 0.5) is 0 Å². The van der Waals surface area contributed by atoms with E-state index in [2.05, 4.69) is 95.4 Å². The summed E-state index contributed by atoms with van der Waals surface area (Å²) in [5.41, 5.74) is 9.22. The van der Waals surface area contributed by atoms with E-state index in [0.29, 0.717) is 11.1 Å². The van der Waals surface area contributed by atoms with E-state index in [1.165, 1.54) is 10.8 Å². The predicted octanol–water partition coefficient (Wildman–Crippen LogP) is 9.77. The molecule has 7 aromatic rings. The van der Waals surface area contributed by atoms with Crippen LogP contribution in [-0.4, -0.2) is 9.13 Å². The average molecular weight is 551 g/mol. The van der Waals surface area contributed by atoms with Crippen molar-refractivity contribution in [1.82, 2.24) is 9.13 Å². The molecule has 2 heterocycles. The van der Waals surface area contributed by atoms with Gasteiger partial charge in [0.05, 0.1) is 45.3 Å². The summed E-state index contributed by atoms with van der Waals surface area (Å²) in [5, 5.41) is 23.9. The van der Waals surface area contributed by atoms with E-state index in [1.807, 2.05) is 66.7 Å². The van der Waals surface area contributed by atoms with Crippen LogP contribution in [0.15, 0.2) is 134 Å². The summed E-state index contributed by atoms with van der Waals surface area (Å²) in [6.45, 7) is 6.43. The van der Waals surface area contributed by atoms with Gasteiger partial charge < -0.3 is 9.13 Å². The van der Waals surface area contributed by atoms with Gasteiger partial charge in [-0.2, -0.15) is 10.5 Å². The van der Waals surface area contributed by atoms with Crippen LogP contribution in [0.2, 0.25) is 0 Å². The van der Waals surface area contributed by atoms with Crippen LogP contribution in [0.1, 0.15) is 23.6 Å². The highest BCUT2D eigenvalue weighted by atomic mass is 15.0.